The van der Waals surface area contributed by atoms with Crippen molar-refractivity contribution in [1.29, 1.82) is 0 Å². The number of methoxy groups -OCH3 is 1. The van der Waals surface area contributed by atoms with Gasteiger partial charge in [0.2, 0.25) is 0 Å². The van der Waals surface area contributed by atoms with Crippen LogP contribution in [0.4, 0.5) is 4.79 Å². The Labute approximate surface area is 92.7 Å². The maximum atomic E-state index is 11.2. The molecule has 1 N–H and O–H groups in total. The summed E-state index contributed by atoms with van der Waals surface area (Å²) in [4.78, 5) is 22.1. The zero-order chi connectivity index (χ0) is 12.0. The SMILES string of the molecule is C=C(NC(=O)Oc1ccccc1)C(=O)OC. The highest BCUT2D eigenvalue weighted by molar-refractivity contribution is 5.91. The number of benzene rings is 1. The van der Waals surface area contributed by atoms with Gasteiger partial charge in [-0.1, -0.05) is 24.8 Å². The molecule has 16 heavy (non-hydrogen) atoms. The van der Waals surface area contributed by atoms with Crippen molar-refractivity contribution < 1.29 is 19.1 Å². The van der Waals surface area contributed by atoms with Gasteiger partial charge in [-0.3, -0.25) is 5.32 Å². The Balaban J connectivity index is 2.49. The van der Waals surface area contributed by atoms with Crippen LogP contribution in [0.15, 0.2) is 42.6 Å². The average Bonchev–Trinajstić information content (AvgIpc) is 2.29. The Morgan fingerprint density at radius 3 is 2.44 bits per heavy atom. The molecule has 0 fully saturated rings. The first kappa shape index (κ1) is 11.8. The minimum atomic E-state index is -0.790. The zero-order valence-electron chi connectivity index (χ0n) is 8.73. The van der Waals surface area contributed by atoms with E-state index >= 15 is 0 Å². The summed E-state index contributed by atoms with van der Waals surface area (Å²) in [6.45, 7) is 3.32. The molecule has 0 spiro atoms. The first-order valence-corrected chi connectivity index (χ1v) is 4.44. The van der Waals surface area contributed by atoms with Crippen LogP contribution in [-0.2, 0) is 9.53 Å². The molecule has 0 aliphatic rings. The second kappa shape index (κ2) is 5.55. The predicted molar refractivity (Wildman–Crippen MR) is 56.8 cm³/mol. The largest absolute Gasteiger partial charge is 0.464 e. The zero-order valence-corrected chi connectivity index (χ0v) is 8.73. The Bertz CT molecular complexity index is 400. The van der Waals surface area contributed by atoms with E-state index in [1.165, 1.54) is 7.11 Å². The third-order valence-electron chi connectivity index (χ3n) is 1.64. The number of nitrogens with one attached hydrogen (secondary N) is 1. The lowest BCUT2D eigenvalue weighted by molar-refractivity contribution is -0.136. The number of hydrogen-bond acceptors (Lipinski definition) is 4. The summed E-state index contributed by atoms with van der Waals surface area (Å²) < 4.78 is 9.22. The van der Waals surface area contributed by atoms with Crippen LogP contribution in [-0.4, -0.2) is 19.2 Å². The molecule has 5 heteroatoms. The molecule has 5 nitrogen and oxygen atoms in total. The molecule has 0 aliphatic heterocycles. The summed E-state index contributed by atoms with van der Waals surface area (Å²) in [6.07, 6.45) is -0.790. The van der Waals surface area contributed by atoms with Crippen LogP contribution in [0.5, 0.6) is 5.75 Å². The quantitative estimate of drug-likeness (QED) is 0.620. The normalized spacial score (nSPS) is 9.06. The number of carbonyl (C=O) groups excluding carboxylic acids is 2. The van der Waals surface area contributed by atoms with Gasteiger partial charge < -0.3 is 9.47 Å². The molecular formula is C11H11NO4. The van der Waals surface area contributed by atoms with Crippen LogP contribution in [0.1, 0.15) is 0 Å². The fraction of sp³-hybridized carbons (Fsp3) is 0.0909. The lowest BCUT2D eigenvalue weighted by Gasteiger charge is -2.06. The Morgan fingerprint density at radius 1 is 1.25 bits per heavy atom. The van der Waals surface area contributed by atoms with Gasteiger partial charge in [-0.15, -0.1) is 0 Å². The highest BCUT2D eigenvalue weighted by Crippen LogP contribution is 2.08. The van der Waals surface area contributed by atoms with Crippen LogP contribution in [0.2, 0.25) is 0 Å². The Hall–Kier alpha value is -2.30. The van der Waals surface area contributed by atoms with Crippen molar-refractivity contribution in [2.75, 3.05) is 7.11 Å². The molecule has 1 aromatic carbocycles. The molecule has 0 heterocycles. The molecule has 0 atom stereocenters. The van der Waals surface area contributed by atoms with Crippen LogP contribution < -0.4 is 10.1 Å². The average molecular weight is 221 g/mol. The molecule has 0 unspecified atom stereocenters. The van der Waals surface area contributed by atoms with Gasteiger partial charge in [0.1, 0.15) is 11.4 Å². The van der Waals surface area contributed by atoms with Gasteiger partial charge in [0.05, 0.1) is 7.11 Å². The smallest absolute Gasteiger partial charge is 0.417 e. The lowest BCUT2D eigenvalue weighted by Crippen LogP contribution is -2.29. The molecule has 1 amide bonds. The van der Waals surface area contributed by atoms with E-state index in [9.17, 15) is 9.59 Å². The first-order valence-electron chi connectivity index (χ1n) is 4.44. The van der Waals surface area contributed by atoms with Gasteiger partial charge in [-0.2, -0.15) is 0 Å². The van der Waals surface area contributed by atoms with Gasteiger partial charge in [-0.05, 0) is 12.1 Å². The highest BCUT2D eigenvalue weighted by atomic mass is 16.6. The van der Waals surface area contributed by atoms with Crippen molar-refractivity contribution in [2.24, 2.45) is 0 Å². The molecule has 84 valence electrons. The van der Waals surface area contributed by atoms with Gasteiger partial charge in [0.15, 0.2) is 0 Å². The summed E-state index contributed by atoms with van der Waals surface area (Å²) in [5.41, 5.74) is -0.177. The number of esters is 1. The molecule has 0 bridgehead atoms. The topological polar surface area (TPSA) is 64.6 Å². The van der Waals surface area contributed by atoms with Crippen molar-refractivity contribution >= 4 is 12.1 Å². The number of rotatable bonds is 3. The van der Waals surface area contributed by atoms with Crippen molar-refractivity contribution in [3.8, 4) is 5.75 Å². The Morgan fingerprint density at radius 2 is 1.88 bits per heavy atom. The second-order valence-corrected chi connectivity index (χ2v) is 2.80. The van der Waals surface area contributed by atoms with E-state index in [1.54, 1.807) is 30.3 Å². The number of amides is 1. The Kier molecular flexibility index (Phi) is 4.08. The number of para-hydroxylation sites is 1. The summed E-state index contributed by atoms with van der Waals surface area (Å²) in [5, 5.41) is 2.15. The van der Waals surface area contributed by atoms with E-state index in [1.807, 2.05) is 0 Å². The van der Waals surface area contributed by atoms with Crippen LogP contribution in [0.3, 0.4) is 0 Å². The van der Waals surface area contributed by atoms with Gasteiger partial charge in [0.25, 0.3) is 0 Å². The lowest BCUT2D eigenvalue weighted by atomic mass is 10.3. The third-order valence-corrected chi connectivity index (χ3v) is 1.64. The van der Waals surface area contributed by atoms with E-state index in [0.29, 0.717) is 5.75 Å². The van der Waals surface area contributed by atoms with E-state index in [2.05, 4.69) is 16.6 Å². The van der Waals surface area contributed by atoms with E-state index in [0.717, 1.165) is 0 Å². The summed E-state index contributed by atoms with van der Waals surface area (Å²) >= 11 is 0. The van der Waals surface area contributed by atoms with Crippen molar-refractivity contribution in [3.05, 3.63) is 42.6 Å². The van der Waals surface area contributed by atoms with Crippen LogP contribution in [0.25, 0.3) is 0 Å². The van der Waals surface area contributed by atoms with E-state index in [4.69, 9.17) is 4.74 Å². The fourth-order valence-electron chi connectivity index (χ4n) is 0.919. The third kappa shape index (κ3) is 3.45. The second-order valence-electron chi connectivity index (χ2n) is 2.80. The van der Waals surface area contributed by atoms with E-state index in [-0.39, 0.29) is 5.70 Å². The maximum Gasteiger partial charge on any atom is 0.417 e. The number of ether oxygens (including phenoxy) is 2. The van der Waals surface area contributed by atoms with Gasteiger partial charge in [-0.25, -0.2) is 9.59 Å². The predicted octanol–water partition coefficient (Wildman–Crippen LogP) is 1.46. The standard InChI is InChI=1S/C11H11NO4/c1-8(10(13)15-2)12-11(14)16-9-6-4-3-5-7-9/h3-7H,1H2,2H3,(H,12,14). The van der Waals surface area contributed by atoms with E-state index < -0.39 is 12.1 Å². The highest BCUT2D eigenvalue weighted by Gasteiger charge is 2.11. The first-order chi connectivity index (χ1) is 7.63. The minimum Gasteiger partial charge on any atom is -0.464 e. The molecule has 0 radical (unpaired) electrons. The molecular weight excluding hydrogens is 210 g/mol. The van der Waals surface area contributed by atoms with Crippen LogP contribution >= 0.6 is 0 Å². The number of hydrogen-bond donors (Lipinski definition) is 1. The fourth-order valence-corrected chi connectivity index (χ4v) is 0.919. The van der Waals surface area contributed by atoms with Crippen molar-refractivity contribution in [1.82, 2.24) is 5.32 Å². The van der Waals surface area contributed by atoms with Gasteiger partial charge in [0, 0.05) is 0 Å². The summed E-state index contributed by atoms with van der Waals surface area (Å²) in [7, 11) is 1.19. The van der Waals surface area contributed by atoms with Crippen molar-refractivity contribution in [3.63, 3.8) is 0 Å². The number of carbonyl (C=O) groups is 2. The molecule has 0 saturated carbocycles. The molecule has 0 aromatic heterocycles. The molecule has 1 rings (SSSR count). The van der Waals surface area contributed by atoms with Crippen LogP contribution in [0, 0.1) is 0 Å². The van der Waals surface area contributed by atoms with Gasteiger partial charge >= 0.3 is 12.1 Å². The molecule has 0 aliphatic carbocycles. The monoisotopic (exact) mass is 221 g/mol. The minimum absolute atomic E-state index is 0.177. The summed E-state index contributed by atoms with van der Waals surface area (Å²) in [6, 6.07) is 8.45. The molecule has 1 aromatic rings. The molecule has 0 saturated heterocycles. The maximum absolute atomic E-state index is 11.2. The summed E-state index contributed by atoms with van der Waals surface area (Å²) in [5.74, 6) is -0.345. The van der Waals surface area contributed by atoms with Crippen molar-refractivity contribution in [2.45, 2.75) is 0 Å².